The van der Waals surface area contributed by atoms with E-state index in [0.29, 0.717) is 11.3 Å². The summed E-state index contributed by atoms with van der Waals surface area (Å²) in [5.41, 5.74) is 2.05. The summed E-state index contributed by atoms with van der Waals surface area (Å²) in [5.74, 6) is 1.64. The Kier molecular flexibility index (Phi) is 4.61. The van der Waals surface area contributed by atoms with Crippen LogP contribution in [0.2, 0.25) is 0 Å². The molecule has 0 N–H and O–H groups in total. The lowest BCUT2D eigenvalue weighted by atomic mass is 9.67. The first-order chi connectivity index (χ1) is 11.7. The van der Waals surface area contributed by atoms with E-state index in [4.69, 9.17) is 0 Å². The molecule has 0 aromatic carbocycles. The van der Waals surface area contributed by atoms with E-state index < -0.39 is 0 Å². The Balaban J connectivity index is 1.27. The number of rotatable bonds is 3. The molecule has 0 amide bonds. The summed E-state index contributed by atoms with van der Waals surface area (Å²) < 4.78 is 0. The average molecular weight is 329 g/mol. The van der Waals surface area contributed by atoms with Crippen molar-refractivity contribution in [3.8, 4) is 0 Å². The van der Waals surface area contributed by atoms with Crippen molar-refractivity contribution < 1.29 is 0 Å². The monoisotopic (exact) mass is 328 g/mol. The summed E-state index contributed by atoms with van der Waals surface area (Å²) in [5, 5.41) is 0. The summed E-state index contributed by atoms with van der Waals surface area (Å²) in [6, 6.07) is 0.848. The molecule has 3 heterocycles. The number of piperidine rings is 1. The van der Waals surface area contributed by atoms with Gasteiger partial charge in [-0.2, -0.15) is 0 Å². The molecule has 4 heteroatoms. The minimum absolute atomic E-state index is 0.669. The van der Waals surface area contributed by atoms with Crippen molar-refractivity contribution in [3.05, 3.63) is 23.8 Å². The first-order valence-electron chi connectivity index (χ1n) is 9.91. The third-order valence-corrected chi connectivity index (χ3v) is 6.79. The van der Waals surface area contributed by atoms with Gasteiger partial charge in [0.25, 0.3) is 0 Å². The van der Waals surface area contributed by atoms with Crippen molar-refractivity contribution in [1.82, 2.24) is 19.8 Å². The Bertz CT molecular complexity index is 531. The number of nitrogens with zero attached hydrogens (tertiary/aromatic N) is 4. The van der Waals surface area contributed by atoms with Crippen LogP contribution in [0.5, 0.6) is 0 Å². The maximum Gasteiger partial charge on any atom is 0.127 e. The lowest BCUT2D eigenvalue weighted by Crippen LogP contribution is -2.57. The zero-order chi connectivity index (χ0) is 16.6. The van der Waals surface area contributed by atoms with Gasteiger partial charge in [0, 0.05) is 37.9 Å². The van der Waals surface area contributed by atoms with Crippen LogP contribution in [0.25, 0.3) is 0 Å². The topological polar surface area (TPSA) is 32.3 Å². The van der Waals surface area contributed by atoms with E-state index in [1.807, 2.05) is 0 Å². The molecule has 2 aliphatic heterocycles. The van der Waals surface area contributed by atoms with Gasteiger partial charge in [0.2, 0.25) is 0 Å². The van der Waals surface area contributed by atoms with E-state index in [1.165, 1.54) is 70.3 Å². The number of hydrogen-bond donors (Lipinski definition) is 0. The van der Waals surface area contributed by atoms with E-state index in [2.05, 4.69) is 46.1 Å². The molecule has 1 spiro atoms. The maximum atomic E-state index is 4.49. The number of aryl methyl sites for hydroxylation is 1. The third kappa shape index (κ3) is 3.23. The minimum Gasteiger partial charge on any atom is -0.305 e. The average Bonchev–Trinajstić information content (AvgIpc) is 2.62. The van der Waals surface area contributed by atoms with Crippen molar-refractivity contribution >= 4 is 0 Å². The molecule has 132 valence electrons. The van der Waals surface area contributed by atoms with Gasteiger partial charge in [-0.25, -0.2) is 9.97 Å². The fourth-order valence-corrected chi connectivity index (χ4v) is 5.35. The van der Waals surface area contributed by atoms with E-state index >= 15 is 0 Å². The second kappa shape index (κ2) is 6.72. The SMILES string of the molecule is CCc1ncc(C2CCN(C3CCC4(CC3)CN(C)C4)CC2)cn1. The van der Waals surface area contributed by atoms with Crippen LogP contribution in [0.15, 0.2) is 12.4 Å². The lowest BCUT2D eigenvalue weighted by molar-refractivity contribution is -0.0330. The number of hydrogen-bond acceptors (Lipinski definition) is 4. The zero-order valence-corrected chi connectivity index (χ0v) is 15.4. The van der Waals surface area contributed by atoms with Gasteiger partial charge in [-0.05, 0) is 75.6 Å². The lowest BCUT2D eigenvalue weighted by Gasteiger charge is -2.53. The van der Waals surface area contributed by atoms with Crippen molar-refractivity contribution in [1.29, 1.82) is 0 Å². The van der Waals surface area contributed by atoms with Crippen molar-refractivity contribution in [2.24, 2.45) is 5.41 Å². The molecule has 4 rings (SSSR count). The smallest absolute Gasteiger partial charge is 0.127 e. The molecule has 3 aliphatic rings. The van der Waals surface area contributed by atoms with Gasteiger partial charge in [0.1, 0.15) is 5.82 Å². The number of aromatic nitrogens is 2. The molecule has 1 aliphatic carbocycles. The van der Waals surface area contributed by atoms with E-state index in [-0.39, 0.29) is 0 Å². The Morgan fingerprint density at radius 3 is 2.21 bits per heavy atom. The van der Waals surface area contributed by atoms with Crippen LogP contribution in [0.3, 0.4) is 0 Å². The minimum atomic E-state index is 0.669. The fourth-order valence-electron chi connectivity index (χ4n) is 5.35. The predicted molar refractivity (Wildman–Crippen MR) is 97.1 cm³/mol. The zero-order valence-electron chi connectivity index (χ0n) is 15.4. The van der Waals surface area contributed by atoms with Crippen LogP contribution < -0.4 is 0 Å². The summed E-state index contributed by atoms with van der Waals surface area (Å²) in [6.07, 6.45) is 13.4. The van der Waals surface area contributed by atoms with Crippen LogP contribution in [0.4, 0.5) is 0 Å². The largest absolute Gasteiger partial charge is 0.305 e. The molecule has 1 aromatic heterocycles. The van der Waals surface area contributed by atoms with Gasteiger partial charge in [-0.15, -0.1) is 0 Å². The highest BCUT2D eigenvalue weighted by atomic mass is 15.2. The van der Waals surface area contributed by atoms with Gasteiger partial charge in [0.05, 0.1) is 0 Å². The van der Waals surface area contributed by atoms with Crippen LogP contribution >= 0.6 is 0 Å². The van der Waals surface area contributed by atoms with E-state index in [9.17, 15) is 0 Å². The molecule has 0 atom stereocenters. The highest BCUT2D eigenvalue weighted by Gasteiger charge is 2.44. The quantitative estimate of drug-likeness (QED) is 0.853. The molecule has 4 nitrogen and oxygen atoms in total. The highest BCUT2D eigenvalue weighted by molar-refractivity contribution is 5.13. The van der Waals surface area contributed by atoms with Gasteiger partial charge in [0.15, 0.2) is 0 Å². The van der Waals surface area contributed by atoms with Gasteiger partial charge in [-0.3, -0.25) is 0 Å². The van der Waals surface area contributed by atoms with Crippen LogP contribution in [0.1, 0.15) is 62.8 Å². The predicted octanol–water partition coefficient (Wildman–Crippen LogP) is 3.09. The summed E-state index contributed by atoms with van der Waals surface area (Å²) in [6.45, 7) is 7.32. The standard InChI is InChI=1S/C20H32N4/c1-3-19-21-12-17(13-22-19)16-6-10-24(11-7-16)18-4-8-20(9-5-18)14-23(2)15-20/h12-13,16,18H,3-11,14-15H2,1-2H3. The molecule has 3 fully saturated rings. The Hall–Kier alpha value is -1.00. The first-order valence-corrected chi connectivity index (χ1v) is 9.91. The second-order valence-electron chi connectivity index (χ2n) is 8.50. The van der Waals surface area contributed by atoms with Crippen molar-refractivity contribution in [3.63, 3.8) is 0 Å². The fraction of sp³-hybridized carbons (Fsp3) is 0.800. The van der Waals surface area contributed by atoms with E-state index in [0.717, 1.165) is 18.3 Å². The Labute approximate surface area is 146 Å². The van der Waals surface area contributed by atoms with Crippen LogP contribution in [-0.4, -0.2) is 59.0 Å². The molecular weight excluding hydrogens is 296 g/mol. The van der Waals surface area contributed by atoms with Gasteiger partial charge in [-0.1, -0.05) is 6.92 Å². The van der Waals surface area contributed by atoms with Crippen molar-refractivity contribution in [2.45, 2.75) is 63.8 Å². The van der Waals surface area contributed by atoms with Crippen molar-refractivity contribution in [2.75, 3.05) is 33.2 Å². The Morgan fingerprint density at radius 1 is 1.04 bits per heavy atom. The summed E-state index contributed by atoms with van der Waals surface area (Å²) >= 11 is 0. The highest BCUT2D eigenvalue weighted by Crippen LogP contribution is 2.44. The third-order valence-electron chi connectivity index (χ3n) is 6.79. The molecule has 1 aromatic rings. The molecule has 24 heavy (non-hydrogen) atoms. The summed E-state index contributed by atoms with van der Waals surface area (Å²) in [7, 11) is 2.26. The Morgan fingerprint density at radius 2 is 1.67 bits per heavy atom. The maximum absolute atomic E-state index is 4.49. The molecule has 2 saturated heterocycles. The summed E-state index contributed by atoms with van der Waals surface area (Å²) in [4.78, 5) is 14.2. The van der Waals surface area contributed by atoms with Gasteiger partial charge < -0.3 is 9.80 Å². The molecule has 1 saturated carbocycles. The first kappa shape index (κ1) is 16.5. The second-order valence-corrected chi connectivity index (χ2v) is 8.50. The van der Waals surface area contributed by atoms with Gasteiger partial charge >= 0.3 is 0 Å². The molecular formula is C20H32N4. The van der Waals surface area contributed by atoms with E-state index in [1.54, 1.807) is 0 Å². The van der Waals surface area contributed by atoms with Crippen LogP contribution in [-0.2, 0) is 6.42 Å². The molecule has 0 unspecified atom stereocenters. The van der Waals surface area contributed by atoms with Crippen LogP contribution in [0, 0.1) is 5.41 Å². The molecule has 0 bridgehead atoms. The number of likely N-dealkylation sites (tertiary alicyclic amines) is 2. The molecule has 0 radical (unpaired) electrons. The normalized spacial score (nSPS) is 26.6.